The molecular formula is C27H24F7N5O. The Morgan fingerprint density at radius 2 is 1.70 bits per heavy atom. The van der Waals surface area contributed by atoms with E-state index < -0.39 is 41.2 Å². The Morgan fingerprint density at radius 1 is 0.975 bits per heavy atom. The molecule has 2 aromatic heterocycles. The zero-order valence-corrected chi connectivity index (χ0v) is 21.2. The van der Waals surface area contributed by atoms with Crippen molar-refractivity contribution in [1.29, 1.82) is 0 Å². The van der Waals surface area contributed by atoms with Crippen LogP contribution in [-0.2, 0) is 23.1 Å². The number of nitrogens with one attached hydrogen (secondary N) is 1. The van der Waals surface area contributed by atoms with Gasteiger partial charge in [0, 0.05) is 57.5 Å². The second kappa shape index (κ2) is 10.0. The van der Waals surface area contributed by atoms with Crippen molar-refractivity contribution in [3.8, 4) is 0 Å². The quantitative estimate of drug-likeness (QED) is 0.418. The second-order valence-electron chi connectivity index (χ2n) is 10.4. The topological polar surface area (TPSA) is 61.4 Å². The molecule has 0 bridgehead atoms. The van der Waals surface area contributed by atoms with Crippen LogP contribution in [0.3, 0.4) is 0 Å². The van der Waals surface area contributed by atoms with E-state index in [0.29, 0.717) is 56.1 Å². The van der Waals surface area contributed by atoms with Gasteiger partial charge in [-0.2, -0.15) is 13.2 Å². The number of hydrogen-bond acceptors (Lipinski definition) is 5. The maximum Gasteiger partial charge on any atom is 0.417 e. The van der Waals surface area contributed by atoms with Gasteiger partial charge >= 0.3 is 6.18 Å². The first-order chi connectivity index (χ1) is 18.8. The summed E-state index contributed by atoms with van der Waals surface area (Å²) in [5.74, 6) is -3.36. The predicted molar refractivity (Wildman–Crippen MR) is 130 cm³/mol. The Bertz CT molecular complexity index is 1400. The Kier molecular flexibility index (Phi) is 6.97. The lowest BCUT2D eigenvalue weighted by atomic mass is 9.72. The van der Waals surface area contributed by atoms with Crippen LogP contribution in [0.1, 0.15) is 29.3 Å². The lowest BCUT2D eigenvalue weighted by Crippen LogP contribution is -2.72. The van der Waals surface area contributed by atoms with Gasteiger partial charge < -0.3 is 10.2 Å². The first-order valence-corrected chi connectivity index (χ1v) is 12.3. The Morgan fingerprint density at radius 3 is 2.27 bits per heavy atom. The van der Waals surface area contributed by atoms with E-state index in [0.717, 1.165) is 25.3 Å². The highest BCUT2D eigenvalue weighted by atomic mass is 19.4. The third-order valence-corrected chi connectivity index (χ3v) is 7.30. The van der Waals surface area contributed by atoms with Gasteiger partial charge in [-0.3, -0.25) is 19.7 Å². The molecule has 2 aliphatic rings. The Labute approximate surface area is 224 Å². The predicted octanol–water partition coefficient (Wildman–Crippen LogP) is 4.74. The summed E-state index contributed by atoms with van der Waals surface area (Å²) in [7, 11) is 0. The minimum Gasteiger partial charge on any atom is -0.369 e. The van der Waals surface area contributed by atoms with Crippen molar-refractivity contribution < 1.29 is 35.5 Å². The van der Waals surface area contributed by atoms with Gasteiger partial charge in [-0.25, -0.2) is 17.6 Å². The molecule has 4 heterocycles. The fourth-order valence-corrected chi connectivity index (χ4v) is 5.52. The molecule has 3 aromatic rings. The third-order valence-electron chi connectivity index (χ3n) is 7.30. The molecule has 6 nitrogen and oxygen atoms in total. The normalized spacial score (nSPS) is 18.3. The fourth-order valence-electron chi connectivity index (χ4n) is 5.52. The number of likely N-dealkylation sites (tertiary alicyclic amines) is 1. The van der Waals surface area contributed by atoms with Gasteiger partial charge in [0.15, 0.2) is 17.2 Å². The molecule has 212 valence electrons. The summed E-state index contributed by atoms with van der Waals surface area (Å²) >= 11 is 0. The number of rotatable bonds is 7. The molecule has 5 rings (SSSR count). The second-order valence-corrected chi connectivity index (χ2v) is 10.4. The molecule has 0 unspecified atom stereocenters. The first kappa shape index (κ1) is 27.8. The highest BCUT2D eigenvalue weighted by molar-refractivity contribution is 5.75. The standard InChI is InChI=1S/C27H24F7N5O/c1-16(40)37-26(24(30)31,18-3-4-21(28)22(29)7-18)23-5-2-17(8-36-23)11-38-12-25(13-38)14-39(15-25)20-6-19(9-35-10-20)27(32,33)34/h2-10,24H,11-15H2,1H3,(H,37,40)/t26-/m0/s1. The Hall–Kier alpha value is -3.74. The van der Waals surface area contributed by atoms with Crippen molar-refractivity contribution in [2.24, 2.45) is 5.41 Å². The fraction of sp³-hybridized carbons (Fsp3) is 0.370. The molecule has 0 saturated carbocycles. The SMILES string of the molecule is CC(=O)N[C@@](c1ccc(F)c(F)c1)(c1ccc(CN2CC3(C2)CN(c2cncc(C(F)(F)F)c2)C3)cn1)C(F)F. The van der Waals surface area contributed by atoms with Crippen LogP contribution >= 0.6 is 0 Å². The summed E-state index contributed by atoms with van der Waals surface area (Å²) in [5.41, 5.74) is -2.81. The molecule has 1 atom stereocenters. The van der Waals surface area contributed by atoms with Crippen molar-refractivity contribution >= 4 is 11.6 Å². The lowest BCUT2D eigenvalue weighted by molar-refractivity contribution is -0.137. The van der Waals surface area contributed by atoms with Gasteiger partial charge in [0.05, 0.1) is 23.1 Å². The molecule has 0 radical (unpaired) electrons. The van der Waals surface area contributed by atoms with E-state index in [1.54, 1.807) is 6.07 Å². The van der Waals surface area contributed by atoms with Gasteiger partial charge in [0.2, 0.25) is 5.91 Å². The van der Waals surface area contributed by atoms with Gasteiger partial charge in [0.25, 0.3) is 6.43 Å². The maximum absolute atomic E-state index is 14.5. The molecule has 2 saturated heterocycles. The van der Waals surface area contributed by atoms with Crippen LogP contribution in [0, 0.1) is 17.0 Å². The van der Waals surface area contributed by atoms with E-state index in [1.807, 2.05) is 4.90 Å². The van der Waals surface area contributed by atoms with Crippen molar-refractivity contribution in [2.75, 3.05) is 31.1 Å². The molecule has 1 spiro atoms. The number of benzene rings is 1. The average Bonchev–Trinajstić information content (AvgIpc) is 2.84. The number of carbonyl (C=O) groups is 1. The summed E-state index contributed by atoms with van der Waals surface area (Å²) in [6, 6.07) is 6.29. The van der Waals surface area contributed by atoms with E-state index in [9.17, 15) is 35.5 Å². The monoisotopic (exact) mass is 567 g/mol. The summed E-state index contributed by atoms with van der Waals surface area (Å²) in [6.45, 7) is 4.05. The largest absolute Gasteiger partial charge is 0.417 e. The van der Waals surface area contributed by atoms with E-state index in [2.05, 4.69) is 20.2 Å². The van der Waals surface area contributed by atoms with E-state index in [4.69, 9.17) is 0 Å². The molecule has 40 heavy (non-hydrogen) atoms. The maximum atomic E-state index is 14.5. The molecule has 1 amide bonds. The average molecular weight is 568 g/mol. The number of alkyl halides is 5. The minimum atomic E-state index is -4.46. The van der Waals surface area contributed by atoms with Crippen LogP contribution in [-0.4, -0.2) is 53.4 Å². The molecule has 2 fully saturated rings. The number of halogens is 7. The summed E-state index contributed by atoms with van der Waals surface area (Å²) in [4.78, 5) is 23.7. The van der Waals surface area contributed by atoms with Gasteiger partial charge in [-0.05, 0) is 35.4 Å². The smallest absolute Gasteiger partial charge is 0.369 e. The zero-order chi connectivity index (χ0) is 28.9. The molecule has 0 aliphatic carbocycles. The van der Waals surface area contributed by atoms with Crippen molar-refractivity contribution in [1.82, 2.24) is 20.2 Å². The Balaban J connectivity index is 1.25. The number of nitrogens with zero attached hydrogens (tertiary/aromatic N) is 4. The van der Waals surface area contributed by atoms with Crippen LogP contribution in [0.15, 0.2) is 55.0 Å². The molecule has 2 aliphatic heterocycles. The van der Waals surface area contributed by atoms with E-state index in [-0.39, 0.29) is 16.7 Å². The highest BCUT2D eigenvalue weighted by Crippen LogP contribution is 2.43. The van der Waals surface area contributed by atoms with Crippen molar-refractivity contribution in [3.05, 3.63) is 89.0 Å². The zero-order valence-electron chi connectivity index (χ0n) is 21.2. The van der Waals surface area contributed by atoms with Gasteiger partial charge in [-0.15, -0.1) is 0 Å². The van der Waals surface area contributed by atoms with Crippen LogP contribution < -0.4 is 10.2 Å². The minimum absolute atomic E-state index is 0.0511. The lowest BCUT2D eigenvalue weighted by Gasteiger charge is -2.61. The number of hydrogen-bond donors (Lipinski definition) is 1. The van der Waals surface area contributed by atoms with Crippen LogP contribution in [0.25, 0.3) is 0 Å². The number of carbonyl (C=O) groups excluding carboxylic acids is 1. The van der Waals surface area contributed by atoms with E-state index in [1.165, 1.54) is 18.5 Å². The first-order valence-electron chi connectivity index (χ1n) is 12.3. The number of aromatic nitrogens is 2. The van der Waals surface area contributed by atoms with Crippen molar-refractivity contribution in [2.45, 2.75) is 31.6 Å². The number of anilines is 1. The third kappa shape index (κ3) is 5.09. The number of amides is 1. The van der Waals surface area contributed by atoms with Gasteiger partial charge in [-0.1, -0.05) is 12.1 Å². The summed E-state index contributed by atoms with van der Waals surface area (Å²) < 4.78 is 95.4. The summed E-state index contributed by atoms with van der Waals surface area (Å²) in [5, 5.41) is 2.19. The summed E-state index contributed by atoms with van der Waals surface area (Å²) in [6.07, 6.45) is -4.10. The van der Waals surface area contributed by atoms with Crippen LogP contribution in [0.4, 0.5) is 36.4 Å². The molecule has 13 heteroatoms. The molecule has 1 aromatic carbocycles. The van der Waals surface area contributed by atoms with Crippen LogP contribution in [0.5, 0.6) is 0 Å². The molecular weight excluding hydrogens is 543 g/mol. The van der Waals surface area contributed by atoms with Crippen LogP contribution in [0.2, 0.25) is 0 Å². The van der Waals surface area contributed by atoms with Crippen molar-refractivity contribution in [3.63, 3.8) is 0 Å². The van der Waals surface area contributed by atoms with E-state index >= 15 is 0 Å². The molecule has 1 N–H and O–H groups in total. The number of pyridine rings is 2. The van der Waals surface area contributed by atoms with Gasteiger partial charge in [0.1, 0.15) is 0 Å². The highest BCUT2D eigenvalue weighted by Gasteiger charge is 2.52.